The van der Waals surface area contributed by atoms with E-state index in [1.165, 1.54) is 0 Å². The van der Waals surface area contributed by atoms with Crippen LogP contribution >= 0.6 is 0 Å². The highest BCUT2D eigenvalue weighted by atomic mass is 16.5. The van der Waals surface area contributed by atoms with Gasteiger partial charge in [0.1, 0.15) is 29.7 Å². The number of aromatic nitrogens is 2. The molecule has 2 N–H and O–H groups in total. The van der Waals surface area contributed by atoms with Crippen molar-refractivity contribution >= 4 is 35.5 Å². The third kappa shape index (κ3) is 8.10. The maximum atomic E-state index is 13.8. The maximum Gasteiger partial charge on any atom is 0.262 e. The third-order valence-electron chi connectivity index (χ3n) is 14.5. The van der Waals surface area contributed by atoms with Gasteiger partial charge in [0.2, 0.25) is 17.8 Å². The van der Waals surface area contributed by atoms with Gasteiger partial charge in [-0.15, -0.1) is 0 Å². The van der Waals surface area contributed by atoms with Gasteiger partial charge in [-0.25, -0.2) is 9.97 Å². The van der Waals surface area contributed by atoms with E-state index >= 15 is 0 Å². The number of aryl methyl sites for hydroxylation is 3. The minimum absolute atomic E-state index is 0.0264. The Balaban J connectivity index is 0.812. The standard InChI is InChI=1S/C49H60N8O7/c1-26(2)56(31-20-34(21-31)63-32-10-11-35-36(22-32)44(62)57(43(35)61)39-12-13-40(58)53-42(39)60)25-30-14-16-55(17-15-30)47-51-24-38(29(5)52-47)41(59)54-45-48(6,7)46(49(45,8)9)64-33-18-27(3)37(23-50)28(4)19-33/h10-11,18-19,22,24,26,30-31,34,39,45-46H,12-17,20-21,25H2,1-9H3,(H,54,59)(H,53,58,60)/t31?,34?,39-,45?,46?/m1/s1. The Morgan fingerprint density at radius 1 is 0.938 bits per heavy atom. The van der Waals surface area contributed by atoms with E-state index in [0.29, 0.717) is 46.5 Å². The molecular weight excluding hydrogens is 813 g/mol. The molecule has 0 unspecified atom stereocenters. The van der Waals surface area contributed by atoms with E-state index in [9.17, 15) is 29.2 Å². The fourth-order valence-corrected chi connectivity index (χ4v) is 11.2. The number of piperidine rings is 2. The molecule has 15 heteroatoms. The number of anilines is 1. The molecule has 4 heterocycles. The Labute approximate surface area is 375 Å². The van der Waals surface area contributed by atoms with Crippen LogP contribution in [0.2, 0.25) is 0 Å². The molecule has 0 radical (unpaired) electrons. The molecule has 2 saturated carbocycles. The fourth-order valence-electron chi connectivity index (χ4n) is 11.2. The summed E-state index contributed by atoms with van der Waals surface area (Å²) in [5, 5.41) is 15.0. The second kappa shape index (κ2) is 16.9. The van der Waals surface area contributed by atoms with Crippen LogP contribution in [0, 0.1) is 48.9 Å². The zero-order chi connectivity index (χ0) is 46.0. The van der Waals surface area contributed by atoms with Crippen LogP contribution in [0.15, 0.2) is 36.5 Å². The summed E-state index contributed by atoms with van der Waals surface area (Å²) >= 11 is 0. The van der Waals surface area contributed by atoms with Crippen LogP contribution in [0.5, 0.6) is 11.5 Å². The highest BCUT2D eigenvalue weighted by Gasteiger charge is 2.64. The Bertz CT molecular complexity index is 2410. The van der Waals surface area contributed by atoms with E-state index in [-0.39, 0.29) is 59.0 Å². The molecule has 2 saturated heterocycles. The van der Waals surface area contributed by atoms with E-state index < -0.39 is 29.7 Å². The highest BCUT2D eigenvalue weighted by molar-refractivity contribution is 6.23. The first-order valence-corrected chi connectivity index (χ1v) is 22.6. The number of nitrogens with one attached hydrogen (secondary N) is 2. The van der Waals surface area contributed by atoms with Gasteiger partial charge >= 0.3 is 0 Å². The molecule has 0 bridgehead atoms. The second-order valence-electron chi connectivity index (χ2n) is 20.0. The van der Waals surface area contributed by atoms with Gasteiger partial charge in [-0.3, -0.25) is 39.1 Å². The molecular formula is C49H60N8O7. The lowest BCUT2D eigenvalue weighted by atomic mass is 9.49. The zero-order valence-electron chi connectivity index (χ0n) is 38.4. The van der Waals surface area contributed by atoms with Crippen LogP contribution in [0.1, 0.15) is 134 Å². The van der Waals surface area contributed by atoms with Crippen molar-refractivity contribution in [1.82, 2.24) is 30.4 Å². The van der Waals surface area contributed by atoms with Gasteiger partial charge in [0, 0.05) is 74.0 Å². The molecule has 1 atom stereocenters. The van der Waals surface area contributed by atoms with Gasteiger partial charge in [-0.2, -0.15) is 5.26 Å². The van der Waals surface area contributed by atoms with Crippen LogP contribution in [0.3, 0.4) is 0 Å². The number of imide groups is 2. The van der Waals surface area contributed by atoms with E-state index in [2.05, 4.69) is 68.0 Å². The van der Waals surface area contributed by atoms with E-state index in [0.717, 1.165) is 67.1 Å². The van der Waals surface area contributed by atoms with E-state index in [1.807, 2.05) is 32.9 Å². The first-order chi connectivity index (χ1) is 30.3. The van der Waals surface area contributed by atoms with Crippen LogP contribution in [-0.2, 0) is 9.59 Å². The number of hydrogen-bond acceptors (Lipinski definition) is 12. The summed E-state index contributed by atoms with van der Waals surface area (Å²) in [7, 11) is 0. The maximum absolute atomic E-state index is 13.8. The number of amides is 5. The number of carbonyl (C=O) groups is 5. The number of hydrogen-bond donors (Lipinski definition) is 2. The number of rotatable bonds is 12. The summed E-state index contributed by atoms with van der Waals surface area (Å²) in [6.07, 6.45) is 5.32. The highest BCUT2D eigenvalue weighted by Crippen LogP contribution is 2.55. The van der Waals surface area contributed by atoms with Crippen molar-refractivity contribution in [1.29, 1.82) is 5.26 Å². The molecule has 4 fully saturated rings. The molecule has 3 aliphatic heterocycles. The predicted octanol–water partition coefficient (Wildman–Crippen LogP) is 5.82. The lowest BCUT2D eigenvalue weighted by molar-refractivity contribution is -0.164. The molecule has 338 valence electrons. The van der Waals surface area contributed by atoms with Gasteiger partial charge < -0.3 is 19.7 Å². The Morgan fingerprint density at radius 2 is 1.59 bits per heavy atom. The monoisotopic (exact) mass is 872 g/mol. The van der Waals surface area contributed by atoms with Crippen LogP contribution in [-0.4, -0.2) is 105 Å². The summed E-state index contributed by atoms with van der Waals surface area (Å²) < 4.78 is 12.9. The number of nitrogens with zero attached hydrogens (tertiary/aromatic N) is 6. The summed E-state index contributed by atoms with van der Waals surface area (Å²) in [4.78, 5) is 79.6. The SMILES string of the molecule is Cc1cc(OC2C(C)(C)C(NC(=O)c3cnc(N4CCC(CN(C(C)C)C5CC(Oc6ccc7c(c6)C(=O)N([C@@H]6CCC(=O)NC6=O)C7=O)C5)CC4)nc3C)C2(C)C)cc(C)c1C#N. The van der Waals surface area contributed by atoms with Crippen molar-refractivity contribution in [2.45, 2.75) is 137 Å². The fraction of sp³-hybridized carbons (Fsp3) is 0.551. The van der Waals surface area contributed by atoms with Crippen molar-refractivity contribution in [3.05, 3.63) is 75.6 Å². The molecule has 2 aliphatic carbocycles. The molecule has 2 aromatic carbocycles. The van der Waals surface area contributed by atoms with Gasteiger partial charge in [0.05, 0.1) is 34.0 Å². The quantitative estimate of drug-likeness (QED) is 0.208. The lowest BCUT2D eigenvalue weighted by Gasteiger charge is -2.63. The Hall–Kier alpha value is -5.88. The largest absolute Gasteiger partial charge is 0.490 e. The number of nitriles is 1. The lowest BCUT2D eigenvalue weighted by Crippen LogP contribution is -2.74. The molecule has 15 nitrogen and oxygen atoms in total. The summed E-state index contributed by atoms with van der Waals surface area (Å²) in [5.74, 6) is 0.0617. The number of carbonyl (C=O) groups excluding carboxylic acids is 5. The van der Waals surface area contributed by atoms with Crippen molar-refractivity contribution in [2.24, 2.45) is 16.7 Å². The van der Waals surface area contributed by atoms with Crippen LogP contribution in [0.4, 0.5) is 5.95 Å². The van der Waals surface area contributed by atoms with Crippen molar-refractivity contribution in [2.75, 3.05) is 24.5 Å². The topological polar surface area (TPSA) is 187 Å². The molecule has 64 heavy (non-hydrogen) atoms. The average Bonchev–Trinajstić information content (AvgIpc) is 3.46. The molecule has 3 aromatic rings. The van der Waals surface area contributed by atoms with Gasteiger partial charge in [-0.05, 0) is 101 Å². The first kappa shape index (κ1) is 44.7. The predicted molar refractivity (Wildman–Crippen MR) is 238 cm³/mol. The molecule has 8 rings (SSSR count). The van der Waals surface area contributed by atoms with Crippen molar-refractivity contribution in [3.8, 4) is 17.6 Å². The number of fused-ring (bicyclic) bond motifs is 1. The average molecular weight is 873 g/mol. The normalized spacial score (nSPS) is 25.1. The summed E-state index contributed by atoms with van der Waals surface area (Å²) in [6, 6.07) is 10.5. The third-order valence-corrected chi connectivity index (χ3v) is 14.5. The molecule has 0 spiro atoms. The minimum atomic E-state index is -1.01. The zero-order valence-corrected chi connectivity index (χ0v) is 38.4. The summed E-state index contributed by atoms with van der Waals surface area (Å²) in [6.45, 7) is 21.2. The van der Waals surface area contributed by atoms with Crippen LogP contribution in [0.25, 0.3) is 0 Å². The Morgan fingerprint density at radius 3 is 2.20 bits per heavy atom. The second-order valence-corrected chi connectivity index (χ2v) is 20.0. The van der Waals surface area contributed by atoms with Gasteiger partial charge in [0.25, 0.3) is 17.7 Å². The molecule has 5 amide bonds. The first-order valence-electron chi connectivity index (χ1n) is 22.6. The van der Waals surface area contributed by atoms with Crippen molar-refractivity contribution < 1.29 is 33.4 Å². The smallest absolute Gasteiger partial charge is 0.262 e. The van der Waals surface area contributed by atoms with E-state index in [4.69, 9.17) is 19.4 Å². The summed E-state index contributed by atoms with van der Waals surface area (Å²) in [5.41, 5.74) is 3.24. The van der Waals surface area contributed by atoms with Gasteiger partial charge in [0.15, 0.2) is 0 Å². The molecule has 5 aliphatic rings. The van der Waals surface area contributed by atoms with Gasteiger partial charge in [-0.1, -0.05) is 27.7 Å². The van der Waals surface area contributed by atoms with E-state index in [1.54, 1.807) is 24.4 Å². The van der Waals surface area contributed by atoms with Crippen LogP contribution < -0.4 is 25.0 Å². The van der Waals surface area contributed by atoms with Crippen molar-refractivity contribution in [3.63, 3.8) is 0 Å². The minimum Gasteiger partial charge on any atom is -0.490 e. The number of benzene rings is 2. The number of ether oxygens (including phenoxy) is 2. The molecule has 1 aromatic heterocycles. The Kier molecular flexibility index (Phi) is 11.8.